The Morgan fingerprint density at radius 3 is 3.20 bits per heavy atom. The van der Waals surface area contributed by atoms with Crippen molar-refractivity contribution >= 4 is 11.3 Å². The van der Waals surface area contributed by atoms with Crippen LogP contribution in [0.25, 0.3) is 0 Å². The topological polar surface area (TPSA) is 30.3 Å². The van der Waals surface area contributed by atoms with E-state index < -0.39 is 0 Å². The molecule has 108 valence electrons. The Labute approximate surface area is 124 Å². The Morgan fingerprint density at radius 1 is 1.45 bits per heavy atom. The zero-order valence-electron chi connectivity index (χ0n) is 11.9. The molecule has 0 amide bonds. The summed E-state index contributed by atoms with van der Waals surface area (Å²) < 4.78 is 7.96. The first-order valence-corrected chi connectivity index (χ1v) is 8.18. The Morgan fingerprint density at radius 2 is 2.40 bits per heavy atom. The van der Waals surface area contributed by atoms with Gasteiger partial charge in [-0.3, -0.25) is 9.58 Å². The van der Waals surface area contributed by atoms with Gasteiger partial charge >= 0.3 is 0 Å². The Bertz CT molecular complexity index is 523. The van der Waals surface area contributed by atoms with E-state index in [-0.39, 0.29) is 6.10 Å². The molecule has 2 aromatic heterocycles. The van der Waals surface area contributed by atoms with Gasteiger partial charge in [0, 0.05) is 44.5 Å². The highest BCUT2D eigenvalue weighted by atomic mass is 32.1. The van der Waals surface area contributed by atoms with Gasteiger partial charge in [0.1, 0.15) is 0 Å². The fraction of sp³-hybridized carbons (Fsp3) is 0.533. The van der Waals surface area contributed by atoms with Crippen molar-refractivity contribution < 1.29 is 4.74 Å². The average Bonchev–Trinajstić information content (AvgIpc) is 3.16. The van der Waals surface area contributed by atoms with Gasteiger partial charge in [0.2, 0.25) is 0 Å². The minimum Gasteiger partial charge on any atom is -0.371 e. The van der Waals surface area contributed by atoms with Gasteiger partial charge in [0.05, 0.1) is 12.7 Å². The van der Waals surface area contributed by atoms with Crippen molar-refractivity contribution in [3.05, 3.63) is 40.3 Å². The number of morpholine rings is 1. The van der Waals surface area contributed by atoms with Crippen LogP contribution in [0.1, 0.15) is 24.3 Å². The van der Waals surface area contributed by atoms with Crippen molar-refractivity contribution in [2.75, 3.05) is 26.2 Å². The highest BCUT2D eigenvalue weighted by Gasteiger charge is 2.22. The number of ether oxygens (including phenoxy) is 1. The van der Waals surface area contributed by atoms with Gasteiger partial charge < -0.3 is 4.74 Å². The average molecular weight is 291 g/mol. The standard InChI is InChI=1S/C15H21N3OS/c1-2-18-14(3-6-16-18)4-7-17-8-9-19-15(11-17)13-5-10-20-12-13/h3,5-6,10,12,15H,2,4,7-9,11H2,1H3/t15-/m1/s1. The van der Waals surface area contributed by atoms with Gasteiger partial charge in [0.25, 0.3) is 0 Å². The molecule has 0 spiro atoms. The van der Waals surface area contributed by atoms with Crippen LogP contribution in [0.3, 0.4) is 0 Å². The summed E-state index contributed by atoms with van der Waals surface area (Å²) >= 11 is 1.74. The number of nitrogens with zero attached hydrogens (tertiary/aromatic N) is 3. The molecule has 1 atom stereocenters. The summed E-state index contributed by atoms with van der Waals surface area (Å²) in [6.45, 7) is 7.02. The summed E-state index contributed by atoms with van der Waals surface area (Å²) in [4.78, 5) is 2.50. The van der Waals surface area contributed by atoms with Crippen molar-refractivity contribution in [2.24, 2.45) is 0 Å². The number of hydrogen-bond acceptors (Lipinski definition) is 4. The molecular formula is C15H21N3OS. The van der Waals surface area contributed by atoms with Crippen molar-refractivity contribution in [1.82, 2.24) is 14.7 Å². The first-order chi connectivity index (χ1) is 9.86. The number of aromatic nitrogens is 2. The second-order valence-corrected chi connectivity index (χ2v) is 5.89. The SMILES string of the molecule is CCn1nccc1CCN1CCO[C@@H](c2ccsc2)C1. The smallest absolute Gasteiger partial charge is 0.0960 e. The summed E-state index contributed by atoms with van der Waals surface area (Å²) in [7, 11) is 0. The second kappa shape index (κ2) is 6.52. The van der Waals surface area contributed by atoms with E-state index in [1.807, 2.05) is 6.20 Å². The lowest BCUT2D eigenvalue weighted by molar-refractivity contribution is -0.0294. The Hall–Kier alpha value is -1.17. The molecule has 1 saturated heterocycles. The first-order valence-electron chi connectivity index (χ1n) is 7.23. The van der Waals surface area contributed by atoms with Crippen LogP contribution in [-0.4, -0.2) is 40.9 Å². The van der Waals surface area contributed by atoms with Gasteiger partial charge in [0.15, 0.2) is 0 Å². The third-order valence-electron chi connectivity index (χ3n) is 3.85. The van der Waals surface area contributed by atoms with E-state index >= 15 is 0 Å². The summed E-state index contributed by atoms with van der Waals surface area (Å²) in [6, 6.07) is 4.30. The zero-order valence-corrected chi connectivity index (χ0v) is 12.7. The molecule has 0 bridgehead atoms. The van der Waals surface area contributed by atoms with E-state index in [1.54, 1.807) is 11.3 Å². The third kappa shape index (κ3) is 3.11. The molecule has 0 saturated carbocycles. The van der Waals surface area contributed by atoms with Crippen molar-refractivity contribution in [3.8, 4) is 0 Å². The quantitative estimate of drug-likeness (QED) is 0.848. The highest BCUT2D eigenvalue weighted by molar-refractivity contribution is 7.07. The minimum atomic E-state index is 0.242. The van der Waals surface area contributed by atoms with Crippen LogP contribution in [-0.2, 0) is 17.7 Å². The first kappa shape index (κ1) is 13.8. The fourth-order valence-electron chi connectivity index (χ4n) is 2.70. The van der Waals surface area contributed by atoms with Gasteiger partial charge in [-0.25, -0.2) is 0 Å². The molecule has 0 unspecified atom stereocenters. The number of hydrogen-bond donors (Lipinski definition) is 0. The molecular weight excluding hydrogens is 270 g/mol. The fourth-order valence-corrected chi connectivity index (χ4v) is 3.40. The van der Waals surface area contributed by atoms with Gasteiger partial charge in [-0.2, -0.15) is 16.4 Å². The van der Waals surface area contributed by atoms with E-state index in [1.165, 1.54) is 11.3 Å². The molecule has 1 aliphatic heterocycles. The van der Waals surface area contributed by atoms with Crippen LogP contribution in [0.15, 0.2) is 29.1 Å². The Kier molecular flexibility index (Phi) is 4.50. The second-order valence-electron chi connectivity index (χ2n) is 5.11. The molecule has 20 heavy (non-hydrogen) atoms. The van der Waals surface area contributed by atoms with Crippen LogP contribution < -0.4 is 0 Å². The van der Waals surface area contributed by atoms with Crippen molar-refractivity contribution in [3.63, 3.8) is 0 Å². The molecule has 0 radical (unpaired) electrons. The largest absolute Gasteiger partial charge is 0.371 e. The molecule has 3 heterocycles. The van der Waals surface area contributed by atoms with Gasteiger partial charge in [-0.1, -0.05) is 0 Å². The summed E-state index contributed by atoms with van der Waals surface area (Å²) in [5, 5.41) is 8.65. The molecule has 0 aliphatic carbocycles. The van der Waals surface area contributed by atoms with Crippen LogP contribution in [0, 0.1) is 0 Å². The van der Waals surface area contributed by atoms with Crippen LogP contribution in [0.5, 0.6) is 0 Å². The third-order valence-corrected chi connectivity index (χ3v) is 4.56. The lowest BCUT2D eigenvalue weighted by atomic mass is 10.1. The summed E-state index contributed by atoms with van der Waals surface area (Å²) in [6.07, 6.45) is 3.20. The van der Waals surface area contributed by atoms with Crippen LogP contribution in [0.2, 0.25) is 0 Å². The van der Waals surface area contributed by atoms with E-state index in [0.29, 0.717) is 0 Å². The number of thiophene rings is 1. The van der Waals surface area contributed by atoms with Crippen molar-refractivity contribution in [2.45, 2.75) is 26.0 Å². The molecule has 1 fully saturated rings. The van der Waals surface area contributed by atoms with E-state index in [0.717, 1.165) is 39.2 Å². The molecule has 0 N–H and O–H groups in total. The lowest BCUT2D eigenvalue weighted by Gasteiger charge is -2.32. The molecule has 5 heteroatoms. The maximum Gasteiger partial charge on any atom is 0.0960 e. The molecule has 1 aliphatic rings. The normalized spacial score (nSPS) is 20.4. The predicted octanol–water partition coefficient (Wildman–Crippen LogP) is 2.58. The monoisotopic (exact) mass is 291 g/mol. The molecule has 3 rings (SSSR count). The maximum absolute atomic E-state index is 5.88. The van der Waals surface area contributed by atoms with E-state index in [4.69, 9.17) is 4.74 Å². The lowest BCUT2D eigenvalue weighted by Crippen LogP contribution is -2.39. The Balaban J connectivity index is 1.55. The van der Waals surface area contributed by atoms with E-state index in [2.05, 4.69) is 44.5 Å². The van der Waals surface area contributed by atoms with Gasteiger partial charge in [-0.05, 0) is 35.4 Å². The molecule has 4 nitrogen and oxygen atoms in total. The van der Waals surface area contributed by atoms with E-state index in [9.17, 15) is 0 Å². The number of rotatable bonds is 5. The minimum absolute atomic E-state index is 0.242. The number of aryl methyl sites for hydroxylation is 1. The van der Waals surface area contributed by atoms with Crippen molar-refractivity contribution in [1.29, 1.82) is 0 Å². The molecule has 2 aromatic rings. The van der Waals surface area contributed by atoms with Crippen LogP contribution >= 0.6 is 11.3 Å². The predicted molar refractivity (Wildman–Crippen MR) is 81.1 cm³/mol. The summed E-state index contributed by atoms with van der Waals surface area (Å²) in [5.41, 5.74) is 2.64. The maximum atomic E-state index is 5.88. The summed E-state index contributed by atoms with van der Waals surface area (Å²) in [5.74, 6) is 0. The zero-order chi connectivity index (χ0) is 13.8. The van der Waals surface area contributed by atoms with Gasteiger partial charge in [-0.15, -0.1) is 0 Å². The molecule has 0 aromatic carbocycles. The highest BCUT2D eigenvalue weighted by Crippen LogP contribution is 2.24. The van der Waals surface area contributed by atoms with Crippen LogP contribution in [0.4, 0.5) is 0 Å².